The molecule has 0 spiro atoms. The van der Waals surface area contributed by atoms with Crippen LogP contribution in [-0.4, -0.2) is 42.1 Å². The fourth-order valence-electron chi connectivity index (χ4n) is 3.08. The van der Waals surface area contributed by atoms with Gasteiger partial charge in [-0.1, -0.05) is 19.3 Å². The SMILES string of the molecule is C[C@H]1C[C@H](N)CCN1C(=O)COC1CCCCC1. The molecule has 0 aromatic carbocycles. The molecule has 2 aliphatic rings. The first-order valence-corrected chi connectivity index (χ1v) is 7.33. The molecular weight excluding hydrogens is 228 g/mol. The minimum absolute atomic E-state index is 0.139. The highest BCUT2D eigenvalue weighted by Crippen LogP contribution is 2.21. The maximum Gasteiger partial charge on any atom is 0.248 e. The first kappa shape index (κ1) is 13.8. The lowest BCUT2D eigenvalue weighted by Gasteiger charge is -2.36. The van der Waals surface area contributed by atoms with Crippen LogP contribution in [0.15, 0.2) is 0 Å². The molecule has 1 aliphatic heterocycles. The second kappa shape index (κ2) is 6.53. The topological polar surface area (TPSA) is 55.6 Å². The number of carbonyl (C=O) groups is 1. The molecule has 0 aromatic rings. The molecule has 1 saturated carbocycles. The van der Waals surface area contributed by atoms with Gasteiger partial charge in [0.05, 0.1) is 6.10 Å². The van der Waals surface area contributed by atoms with Gasteiger partial charge in [-0.15, -0.1) is 0 Å². The van der Waals surface area contributed by atoms with Crippen LogP contribution in [0.3, 0.4) is 0 Å². The summed E-state index contributed by atoms with van der Waals surface area (Å²) in [5, 5.41) is 0. The van der Waals surface area contributed by atoms with Gasteiger partial charge in [0, 0.05) is 18.6 Å². The molecule has 0 aromatic heterocycles. The molecule has 18 heavy (non-hydrogen) atoms. The fraction of sp³-hybridized carbons (Fsp3) is 0.929. The van der Waals surface area contributed by atoms with Crippen molar-refractivity contribution < 1.29 is 9.53 Å². The standard InChI is InChI=1S/C14H26N2O2/c1-11-9-12(15)7-8-16(11)14(17)10-18-13-5-3-2-4-6-13/h11-13H,2-10,15H2,1H3/t11-,12+/m0/s1. The summed E-state index contributed by atoms with van der Waals surface area (Å²) >= 11 is 0. The molecule has 4 nitrogen and oxygen atoms in total. The average Bonchev–Trinajstić information content (AvgIpc) is 2.37. The van der Waals surface area contributed by atoms with E-state index in [1.54, 1.807) is 0 Å². The van der Waals surface area contributed by atoms with Gasteiger partial charge in [-0.2, -0.15) is 0 Å². The molecule has 1 heterocycles. The smallest absolute Gasteiger partial charge is 0.248 e. The Morgan fingerprint density at radius 3 is 2.67 bits per heavy atom. The van der Waals surface area contributed by atoms with E-state index >= 15 is 0 Å². The molecule has 0 bridgehead atoms. The van der Waals surface area contributed by atoms with Crippen molar-refractivity contribution in [1.82, 2.24) is 4.90 Å². The van der Waals surface area contributed by atoms with Gasteiger partial charge in [0.2, 0.25) is 5.91 Å². The first-order chi connectivity index (χ1) is 8.66. The fourth-order valence-corrected chi connectivity index (χ4v) is 3.08. The van der Waals surface area contributed by atoms with Gasteiger partial charge in [-0.3, -0.25) is 4.79 Å². The van der Waals surface area contributed by atoms with Crippen molar-refractivity contribution in [1.29, 1.82) is 0 Å². The molecule has 1 saturated heterocycles. The normalized spacial score (nSPS) is 30.4. The van der Waals surface area contributed by atoms with E-state index in [1.165, 1.54) is 19.3 Å². The summed E-state index contributed by atoms with van der Waals surface area (Å²) in [4.78, 5) is 14.1. The highest BCUT2D eigenvalue weighted by molar-refractivity contribution is 5.77. The zero-order valence-corrected chi connectivity index (χ0v) is 11.4. The van der Waals surface area contributed by atoms with Crippen LogP contribution in [0.5, 0.6) is 0 Å². The van der Waals surface area contributed by atoms with Crippen molar-refractivity contribution in [2.75, 3.05) is 13.2 Å². The monoisotopic (exact) mass is 254 g/mol. The van der Waals surface area contributed by atoms with Crippen molar-refractivity contribution in [3.8, 4) is 0 Å². The first-order valence-electron chi connectivity index (χ1n) is 7.33. The third-order valence-electron chi connectivity index (χ3n) is 4.23. The molecule has 2 fully saturated rings. The number of nitrogens with zero attached hydrogens (tertiary/aromatic N) is 1. The Morgan fingerprint density at radius 1 is 1.28 bits per heavy atom. The summed E-state index contributed by atoms with van der Waals surface area (Å²) in [6.07, 6.45) is 8.18. The van der Waals surface area contributed by atoms with Crippen LogP contribution in [0.4, 0.5) is 0 Å². The summed E-state index contributed by atoms with van der Waals surface area (Å²) in [7, 11) is 0. The zero-order chi connectivity index (χ0) is 13.0. The van der Waals surface area contributed by atoms with Crippen LogP contribution < -0.4 is 5.73 Å². The summed E-state index contributed by atoms with van der Waals surface area (Å²) < 4.78 is 5.75. The number of hydrogen-bond acceptors (Lipinski definition) is 3. The number of ether oxygens (including phenoxy) is 1. The Balaban J connectivity index is 1.73. The van der Waals surface area contributed by atoms with Gasteiger partial charge in [0.25, 0.3) is 0 Å². The number of nitrogens with two attached hydrogens (primary N) is 1. The molecule has 4 heteroatoms. The molecule has 1 aliphatic carbocycles. The van der Waals surface area contributed by atoms with Crippen LogP contribution >= 0.6 is 0 Å². The van der Waals surface area contributed by atoms with Crippen molar-refractivity contribution in [2.45, 2.75) is 70.1 Å². The largest absolute Gasteiger partial charge is 0.368 e. The van der Waals surface area contributed by atoms with Gasteiger partial charge in [-0.05, 0) is 32.6 Å². The van der Waals surface area contributed by atoms with Crippen molar-refractivity contribution in [3.63, 3.8) is 0 Å². The number of carbonyl (C=O) groups excluding carboxylic acids is 1. The quantitative estimate of drug-likeness (QED) is 0.833. The summed E-state index contributed by atoms with van der Waals surface area (Å²) in [6.45, 7) is 3.12. The molecule has 0 radical (unpaired) electrons. The predicted octanol–water partition coefficient (Wildman–Crippen LogP) is 1.67. The van der Waals surface area contributed by atoms with Crippen molar-refractivity contribution in [3.05, 3.63) is 0 Å². The highest BCUT2D eigenvalue weighted by Gasteiger charge is 2.27. The average molecular weight is 254 g/mol. The molecule has 104 valence electrons. The minimum Gasteiger partial charge on any atom is -0.368 e. The van der Waals surface area contributed by atoms with Crippen molar-refractivity contribution >= 4 is 5.91 Å². The Hall–Kier alpha value is -0.610. The molecule has 2 N–H and O–H groups in total. The van der Waals surface area contributed by atoms with E-state index in [0.717, 1.165) is 32.2 Å². The Labute approximate surface area is 110 Å². The second-order valence-electron chi connectivity index (χ2n) is 5.79. The molecule has 2 rings (SSSR count). The van der Waals surface area contributed by atoms with Gasteiger partial charge >= 0.3 is 0 Å². The molecule has 1 amide bonds. The van der Waals surface area contributed by atoms with Crippen LogP contribution in [0.25, 0.3) is 0 Å². The van der Waals surface area contributed by atoms with Crippen LogP contribution in [-0.2, 0) is 9.53 Å². The predicted molar refractivity (Wildman–Crippen MR) is 71.2 cm³/mol. The third kappa shape index (κ3) is 3.69. The van der Waals surface area contributed by atoms with E-state index in [1.807, 2.05) is 4.90 Å². The number of rotatable bonds is 3. The Kier molecular flexibility index (Phi) is 5.01. The lowest BCUT2D eigenvalue weighted by molar-refractivity contribution is -0.142. The Morgan fingerprint density at radius 2 is 2.00 bits per heavy atom. The number of hydrogen-bond donors (Lipinski definition) is 1. The summed E-state index contributed by atoms with van der Waals surface area (Å²) in [6, 6.07) is 0.513. The van der Waals surface area contributed by atoms with Gasteiger partial charge in [0.15, 0.2) is 0 Å². The van der Waals surface area contributed by atoms with Crippen LogP contribution in [0, 0.1) is 0 Å². The second-order valence-corrected chi connectivity index (χ2v) is 5.79. The van der Waals surface area contributed by atoms with Crippen molar-refractivity contribution in [2.24, 2.45) is 5.73 Å². The minimum atomic E-state index is 0.139. The maximum atomic E-state index is 12.1. The molecule has 0 unspecified atom stereocenters. The van der Waals surface area contributed by atoms with E-state index in [2.05, 4.69) is 6.92 Å². The van der Waals surface area contributed by atoms with Gasteiger partial charge in [0.1, 0.15) is 6.61 Å². The van der Waals surface area contributed by atoms with E-state index in [-0.39, 0.29) is 24.6 Å². The number of piperidine rings is 1. The summed E-state index contributed by atoms with van der Waals surface area (Å²) in [5.74, 6) is 0.139. The van der Waals surface area contributed by atoms with Crippen LogP contribution in [0.1, 0.15) is 51.9 Å². The maximum absolute atomic E-state index is 12.1. The van der Waals surface area contributed by atoms with E-state index < -0.39 is 0 Å². The van der Waals surface area contributed by atoms with E-state index in [0.29, 0.717) is 6.10 Å². The van der Waals surface area contributed by atoms with E-state index in [4.69, 9.17) is 10.5 Å². The van der Waals surface area contributed by atoms with Gasteiger partial charge < -0.3 is 15.4 Å². The van der Waals surface area contributed by atoms with Gasteiger partial charge in [-0.25, -0.2) is 0 Å². The number of likely N-dealkylation sites (tertiary alicyclic amines) is 1. The Bertz CT molecular complexity index is 277. The zero-order valence-electron chi connectivity index (χ0n) is 11.4. The lowest BCUT2D eigenvalue weighted by atomic mass is 9.98. The lowest BCUT2D eigenvalue weighted by Crippen LogP contribution is -2.49. The molecule has 2 atom stereocenters. The molecular formula is C14H26N2O2. The van der Waals surface area contributed by atoms with E-state index in [9.17, 15) is 4.79 Å². The summed E-state index contributed by atoms with van der Waals surface area (Å²) in [5.41, 5.74) is 5.91. The third-order valence-corrected chi connectivity index (χ3v) is 4.23. The highest BCUT2D eigenvalue weighted by atomic mass is 16.5. The number of amides is 1. The van der Waals surface area contributed by atoms with Crippen LogP contribution in [0.2, 0.25) is 0 Å².